The Hall–Kier alpha value is -1.84. The van der Waals surface area contributed by atoms with Gasteiger partial charge in [-0.25, -0.2) is 4.99 Å². The molecule has 0 saturated heterocycles. The lowest BCUT2D eigenvalue weighted by atomic mass is 10.2. The third-order valence-corrected chi connectivity index (χ3v) is 2.07. The molecule has 6 N–H and O–H groups in total. The first-order valence-corrected chi connectivity index (χ1v) is 5.66. The molecule has 0 saturated carbocycles. The van der Waals surface area contributed by atoms with Crippen LogP contribution in [-0.2, 0) is 6.42 Å². The Bertz CT molecular complexity index is 412. The highest BCUT2D eigenvalue weighted by atomic mass is 19.4. The topological polar surface area (TPSA) is 118 Å². The van der Waals surface area contributed by atoms with Crippen molar-refractivity contribution in [2.75, 3.05) is 18.4 Å². The van der Waals surface area contributed by atoms with E-state index in [-0.39, 0.29) is 11.9 Å². The van der Waals surface area contributed by atoms with Gasteiger partial charge in [0.05, 0.1) is 0 Å². The molecule has 0 aliphatic carbocycles. The van der Waals surface area contributed by atoms with Crippen LogP contribution in [0.1, 0.15) is 18.7 Å². The highest BCUT2D eigenvalue weighted by Crippen LogP contribution is 2.14. The number of anilines is 1. The summed E-state index contributed by atoms with van der Waals surface area (Å²) in [4.78, 5) is 7.13. The maximum Gasteiger partial charge on any atom is 0.408 e. The van der Waals surface area contributed by atoms with E-state index < -0.39 is 12.7 Å². The zero-order valence-electron chi connectivity index (χ0n) is 10.2. The SMILES string of the molecule is NCCCCc1nc(N/C(N)=N\CC(F)(F)F)n[nH]1. The molecule has 108 valence electrons. The number of aliphatic imine (C=N–C) groups is 1. The number of unbranched alkanes of at least 4 members (excludes halogenated alkanes) is 1. The summed E-state index contributed by atoms with van der Waals surface area (Å²) in [5, 5.41) is 8.78. The van der Waals surface area contributed by atoms with Gasteiger partial charge in [0.15, 0.2) is 5.96 Å². The summed E-state index contributed by atoms with van der Waals surface area (Å²) >= 11 is 0. The highest BCUT2D eigenvalue weighted by molar-refractivity contribution is 5.90. The molecule has 10 heteroatoms. The zero-order chi connectivity index (χ0) is 14.3. The van der Waals surface area contributed by atoms with Crippen molar-refractivity contribution >= 4 is 11.9 Å². The van der Waals surface area contributed by atoms with Gasteiger partial charge in [-0.15, -0.1) is 5.10 Å². The number of rotatable bonds is 6. The molecule has 1 aromatic heterocycles. The van der Waals surface area contributed by atoms with E-state index in [0.29, 0.717) is 18.8 Å². The number of H-pyrrole nitrogens is 1. The number of alkyl halides is 3. The van der Waals surface area contributed by atoms with Crippen molar-refractivity contribution < 1.29 is 13.2 Å². The van der Waals surface area contributed by atoms with E-state index >= 15 is 0 Å². The molecule has 0 aromatic carbocycles. The fourth-order valence-electron chi connectivity index (χ4n) is 1.23. The molecule has 0 bridgehead atoms. The molecule has 0 aliphatic heterocycles. The van der Waals surface area contributed by atoms with Gasteiger partial charge in [-0.1, -0.05) is 0 Å². The maximum atomic E-state index is 11.9. The number of nitrogens with one attached hydrogen (secondary N) is 2. The summed E-state index contributed by atoms with van der Waals surface area (Å²) < 4.78 is 35.7. The summed E-state index contributed by atoms with van der Waals surface area (Å²) in [5.41, 5.74) is 10.6. The number of hydrogen-bond donors (Lipinski definition) is 4. The highest BCUT2D eigenvalue weighted by Gasteiger charge is 2.26. The first-order valence-electron chi connectivity index (χ1n) is 5.66. The van der Waals surface area contributed by atoms with E-state index in [9.17, 15) is 13.2 Å². The van der Waals surface area contributed by atoms with Crippen LogP contribution >= 0.6 is 0 Å². The van der Waals surface area contributed by atoms with Crippen LogP contribution in [0, 0.1) is 0 Å². The number of aromatic nitrogens is 3. The molecular weight excluding hydrogens is 263 g/mol. The van der Waals surface area contributed by atoms with Gasteiger partial charge in [-0.05, 0) is 19.4 Å². The first kappa shape index (κ1) is 15.2. The van der Waals surface area contributed by atoms with Crippen LogP contribution in [0.4, 0.5) is 19.1 Å². The predicted octanol–water partition coefficient (Wildman–Crippen LogP) is 0.375. The van der Waals surface area contributed by atoms with Crippen molar-refractivity contribution in [2.24, 2.45) is 16.5 Å². The summed E-state index contributed by atoms with van der Waals surface area (Å²) in [6, 6.07) is 0. The monoisotopic (exact) mass is 279 g/mol. The Morgan fingerprint density at radius 3 is 2.74 bits per heavy atom. The van der Waals surface area contributed by atoms with E-state index in [4.69, 9.17) is 11.5 Å². The average Bonchev–Trinajstić information content (AvgIpc) is 2.74. The van der Waals surface area contributed by atoms with Crippen molar-refractivity contribution in [3.8, 4) is 0 Å². The first-order chi connectivity index (χ1) is 8.90. The van der Waals surface area contributed by atoms with Crippen LogP contribution in [0.3, 0.4) is 0 Å². The lowest BCUT2D eigenvalue weighted by Gasteiger charge is -2.03. The molecule has 7 nitrogen and oxygen atoms in total. The van der Waals surface area contributed by atoms with Gasteiger partial charge in [0, 0.05) is 6.42 Å². The second-order valence-electron chi connectivity index (χ2n) is 3.79. The third kappa shape index (κ3) is 6.60. The molecule has 0 unspecified atom stereocenters. The standard InChI is InChI=1S/C9H16F3N7/c10-9(11,12)5-15-7(14)17-8-16-6(18-19-8)3-1-2-4-13/h1-5,13H2,(H4,14,15,16,17,18,19). The summed E-state index contributed by atoms with van der Waals surface area (Å²) in [5.74, 6) is 0.315. The van der Waals surface area contributed by atoms with Gasteiger partial charge in [0.1, 0.15) is 12.4 Å². The summed E-state index contributed by atoms with van der Waals surface area (Å²) in [6.45, 7) is -0.754. The number of aromatic amines is 1. The number of guanidine groups is 1. The molecule has 19 heavy (non-hydrogen) atoms. The quantitative estimate of drug-likeness (QED) is 0.341. The van der Waals surface area contributed by atoms with E-state index in [0.717, 1.165) is 12.8 Å². The number of hydrogen-bond acceptors (Lipinski definition) is 4. The predicted molar refractivity (Wildman–Crippen MR) is 64.5 cm³/mol. The Kier molecular flexibility index (Phi) is 5.55. The molecule has 1 rings (SSSR count). The fourth-order valence-corrected chi connectivity index (χ4v) is 1.23. The van der Waals surface area contributed by atoms with Gasteiger partial charge >= 0.3 is 6.18 Å². The Labute approximate surface area is 107 Å². The molecule has 0 spiro atoms. The molecule has 0 aliphatic rings. The summed E-state index contributed by atoms with van der Waals surface area (Å²) in [6.07, 6.45) is -2.02. The maximum absolute atomic E-state index is 11.9. The minimum atomic E-state index is -4.39. The van der Waals surface area contributed by atoms with Crippen molar-refractivity contribution in [2.45, 2.75) is 25.4 Å². The molecule has 0 fully saturated rings. The van der Waals surface area contributed by atoms with Crippen LogP contribution in [-0.4, -0.2) is 40.4 Å². The summed E-state index contributed by atoms with van der Waals surface area (Å²) in [7, 11) is 0. The van der Waals surface area contributed by atoms with Crippen LogP contribution in [0.15, 0.2) is 4.99 Å². The van der Waals surface area contributed by atoms with Crippen molar-refractivity contribution in [3.63, 3.8) is 0 Å². The van der Waals surface area contributed by atoms with Crippen molar-refractivity contribution in [1.82, 2.24) is 15.2 Å². The molecule has 0 amide bonds. The number of nitrogens with zero attached hydrogens (tertiary/aromatic N) is 3. The van der Waals surface area contributed by atoms with Gasteiger partial charge < -0.3 is 11.5 Å². The van der Waals surface area contributed by atoms with E-state index in [1.165, 1.54) is 0 Å². The normalized spacial score (nSPS) is 12.7. The zero-order valence-corrected chi connectivity index (χ0v) is 10.2. The number of aryl methyl sites for hydroxylation is 1. The van der Waals surface area contributed by atoms with Crippen LogP contribution < -0.4 is 16.8 Å². The minimum absolute atomic E-state index is 0.0890. The second kappa shape index (κ2) is 6.92. The van der Waals surface area contributed by atoms with E-state index in [1.54, 1.807) is 0 Å². The smallest absolute Gasteiger partial charge is 0.370 e. The fraction of sp³-hybridized carbons (Fsp3) is 0.667. The molecule has 0 atom stereocenters. The lowest BCUT2D eigenvalue weighted by Crippen LogP contribution is -2.26. The van der Waals surface area contributed by atoms with Crippen LogP contribution in [0.25, 0.3) is 0 Å². The largest absolute Gasteiger partial charge is 0.408 e. The van der Waals surface area contributed by atoms with Crippen molar-refractivity contribution in [3.05, 3.63) is 5.82 Å². The van der Waals surface area contributed by atoms with E-state index in [1.807, 2.05) is 0 Å². The Morgan fingerprint density at radius 2 is 2.11 bits per heavy atom. The number of halogens is 3. The third-order valence-electron chi connectivity index (χ3n) is 2.07. The molecule has 1 aromatic rings. The Balaban J connectivity index is 2.44. The van der Waals surface area contributed by atoms with E-state index in [2.05, 4.69) is 25.5 Å². The van der Waals surface area contributed by atoms with Gasteiger partial charge in [0.2, 0.25) is 5.95 Å². The van der Waals surface area contributed by atoms with Gasteiger partial charge in [-0.3, -0.25) is 10.4 Å². The van der Waals surface area contributed by atoms with Gasteiger partial charge in [0.25, 0.3) is 0 Å². The lowest BCUT2D eigenvalue weighted by molar-refractivity contribution is -0.118. The number of nitrogens with two attached hydrogens (primary N) is 2. The Morgan fingerprint density at radius 1 is 1.37 bits per heavy atom. The second-order valence-corrected chi connectivity index (χ2v) is 3.79. The molecular formula is C9H16F3N7. The van der Waals surface area contributed by atoms with Crippen LogP contribution in [0.5, 0.6) is 0 Å². The van der Waals surface area contributed by atoms with Crippen molar-refractivity contribution in [1.29, 1.82) is 0 Å². The average molecular weight is 279 g/mol. The molecule has 1 heterocycles. The minimum Gasteiger partial charge on any atom is -0.370 e. The van der Waals surface area contributed by atoms with Gasteiger partial charge in [-0.2, -0.15) is 18.2 Å². The van der Waals surface area contributed by atoms with Crippen LogP contribution in [0.2, 0.25) is 0 Å². The molecule has 0 radical (unpaired) electrons.